The Morgan fingerprint density at radius 1 is 0.429 bits per heavy atom. The molecular weight excluding hydrogens is 1230 g/mol. The maximum absolute atomic E-state index is 12.7. The van der Waals surface area contributed by atoms with Gasteiger partial charge >= 0.3 is 33.0 Å². The minimum atomic E-state index is -10.7. The summed E-state index contributed by atoms with van der Waals surface area (Å²) in [6.07, 6.45) is 2.36. The second kappa shape index (κ2) is 39.4. The molecule has 0 fully saturated rings. The molecule has 4 aromatic rings. The van der Waals surface area contributed by atoms with Gasteiger partial charge in [0.1, 0.15) is 46.2 Å². The van der Waals surface area contributed by atoms with Crippen molar-refractivity contribution in [2.45, 2.75) is 84.6 Å². The van der Waals surface area contributed by atoms with E-state index in [9.17, 15) is 34.8 Å². The number of hydrogen-bond acceptors (Lipinski definition) is 18. The quantitative estimate of drug-likeness (QED) is 0.0405. The Bertz CT molecular complexity index is 2630. The van der Waals surface area contributed by atoms with Gasteiger partial charge in [-0.1, -0.05) is 47.6 Å². The first-order valence-electron chi connectivity index (χ1n) is 30.5. The first-order chi connectivity index (χ1) is 43.1. The number of carbonyl (C=O) groups is 2. The zero-order valence-corrected chi connectivity index (χ0v) is 54.3. The van der Waals surface area contributed by atoms with Gasteiger partial charge in [-0.3, -0.25) is 9.59 Å². The van der Waals surface area contributed by atoms with Gasteiger partial charge in [0.05, 0.1) is 112 Å². The molecule has 0 atom stereocenters. The van der Waals surface area contributed by atoms with Crippen molar-refractivity contribution in [3.63, 3.8) is 0 Å². The Labute approximate surface area is 530 Å². The maximum Gasteiger partial charge on any atom is 0.163 e. The molecule has 0 saturated carbocycles. The van der Waals surface area contributed by atoms with Gasteiger partial charge in [0.25, 0.3) is 0 Å². The van der Waals surface area contributed by atoms with Crippen molar-refractivity contribution in [3.05, 3.63) is 89.5 Å². The van der Waals surface area contributed by atoms with Crippen LogP contribution in [0.4, 0.5) is 42.2 Å². The number of ether oxygens (including phenoxy) is 14. The molecule has 0 bridgehead atoms. The van der Waals surface area contributed by atoms with Crippen LogP contribution >= 0.6 is 7.81 Å². The number of halogens is 6. The van der Waals surface area contributed by atoms with E-state index in [4.69, 9.17) is 77.8 Å². The van der Waals surface area contributed by atoms with Gasteiger partial charge in [0.2, 0.25) is 11.8 Å². The fourth-order valence-corrected chi connectivity index (χ4v) is 8.15. The average molecular weight is 1320 g/mol. The van der Waals surface area contributed by atoms with Crippen molar-refractivity contribution in [1.82, 2.24) is 5.32 Å². The molecule has 0 radical (unpaired) electrons. The number of anilines is 3. The van der Waals surface area contributed by atoms with E-state index in [1.807, 2.05) is 0 Å². The third kappa shape index (κ3) is 38.5. The zero-order valence-electron chi connectivity index (χ0n) is 53.4. The molecule has 0 saturated heterocycles. The summed E-state index contributed by atoms with van der Waals surface area (Å²) in [6, 6.07) is 22.8. The zero-order chi connectivity index (χ0) is 66.5. The van der Waals surface area contributed by atoms with Crippen LogP contribution in [-0.4, -0.2) is 170 Å². The summed E-state index contributed by atoms with van der Waals surface area (Å²) in [5.74, 6) is 3.13. The van der Waals surface area contributed by atoms with Crippen molar-refractivity contribution >= 4 is 36.7 Å². The molecule has 0 aromatic heterocycles. The van der Waals surface area contributed by atoms with Gasteiger partial charge in [0.15, 0.2) is 34.5 Å². The van der Waals surface area contributed by atoms with Crippen molar-refractivity contribution in [3.8, 4) is 34.5 Å². The van der Waals surface area contributed by atoms with Gasteiger partial charge in [-0.2, -0.15) is 0 Å². The van der Waals surface area contributed by atoms with Gasteiger partial charge in [-0.15, -0.1) is 0 Å². The van der Waals surface area contributed by atoms with Crippen LogP contribution in [0.3, 0.4) is 0 Å². The first-order valence-corrected chi connectivity index (χ1v) is 32.5. The van der Waals surface area contributed by atoms with E-state index in [-0.39, 0.29) is 35.6 Å². The number of nitrogens with one attached hydrogen (secondary N) is 2. The molecule has 516 valence electrons. The molecule has 2 amide bonds. The fraction of sp³-hybridized carbons (Fsp3) is 0.587. The van der Waals surface area contributed by atoms with E-state index in [2.05, 4.69) is 75.7 Å². The predicted molar refractivity (Wildman–Crippen MR) is 336 cm³/mol. The molecule has 8 N–H and O–H groups in total. The molecule has 4 aromatic carbocycles. The van der Waals surface area contributed by atoms with E-state index < -0.39 is 7.81 Å². The number of unbranched alkanes of at least 4 members (excludes halogenated alkanes) is 1. The summed E-state index contributed by atoms with van der Waals surface area (Å²) in [6.45, 7) is 24.9. The molecule has 6 rings (SSSR count). The third-order valence-electron chi connectivity index (χ3n) is 12.8. The monoisotopic (exact) mass is 1320 g/mol. The van der Waals surface area contributed by atoms with Crippen molar-refractivity contribution < 1.29 is 106 Å². The number of fused-ring (bicyclic) bond motifs is 3. The summed E-state index contributed by atoms with van der Waals surface area (Å²) in [4.78, 5) is 25.1. The second-order valence-corrected chi connectivity index (χ2v) is 24.7. The second-order valence-electron chi connectivity index (χ2n) is 22.8. The minimum Gasteiger partial charge on any atom is -0.487 e. The maximum atomic E-state index is 12.7. The van der Waals surface area contributed by atoms with Crippen LogP contribution in [0.1, 0.15) is 83.9 Å². The predicted octanol–water partition coefficient (Wildman–Crippen LogP) is 10.0. The summed E-state index contributed by atoms with van der Waals surface area (Å²) in [5, 5.41) is 8.08. The Kier molecular flexibility index (Phi) is 33.5. The Balaban J connectivity index is 0.000000371. The normalized spacial score (nSPS) is 17.1. The number of hydrogen-bond donors (Lipinski definition) is 5. The average Bonchev–Trinajstić information content (AvgIpc) is 1.01. The Hall–Kier alpha value is -6.13. The third-order valence-corrected chi connectivity index (χ3v) is 12.8. The van der Waals surface area contributed by atoms with E-state index in [1.54, 1.807) is 54.6 Å². The number of nitrogens with two attached hydrogens (primary N) is 3. The van der Waals surface area contributed by atoms with E-state index in [1.165, 1.54) is 16.7 Å². The van der Waals surface area contributed by atoms with Crippen LogP contribution in [0.5, 0.6) is 34.5 Å². The first kappa shape index (κ1) is 77.3. The van der Waals surface area contributed by atoms with E-state index in [0.29, 0.717) is 203 Å². The topological polar surface area (TPSA) is 256 Å². The smallest absolute Gasteiger partial charge is 0.163 e. The fourth-order valence-electron chi connectivity index (χ4n) is 8.15. The molecule has 21 nitrogen and oxygen atoms in total. The van der Waals surface area contributed by atoms with Crippen molar-refractivity contribution in [2.75, 3.05) is 175 Å². The molecule has 2 aliphatic rings. The molecule has 0 aliphatic carbocycles. The van der Waals surface area contributed by atoms with E-state index >= 15 is 0 Å². The van der Waals surface area contributed by atoms with Gasteiger partial charge in [-0.25, -0.2) is 0 Å². The van der Waals surface area contributed by atoms with Crippen molar-refractivity contribution in [1.29, 1.82) is 0 Å². The number of amides is 2. The van der Waals surface area contributed by atoms with Crippen LogP contribution < -0.4 is 55.8 Å². The molecule has 28 heteroatoms. The number of rotatable bonds is 11. The van der Waals surface area contributed by atoms with Crippen LogP contribution in [0.2, 0.25) is 0 Å². The summed E-state index contributed by atoms with van der Waals surface area (Å²) >= 11 is 0. The van der Waals surface area contributed by atoms with Crippen LogP contribution in [-0.2, 0) is 64.9 Å². The van der Waals surface area contributed by atoms with Crippen LogP contribution in [0, 0.1) is 0 Å². The number of quaternary nitrogens is 1. The number of benzene rings is 4. The van der Waals surface area contributed by atoms with Gasteiger partial charge < -0.3 is 93.7 Å². The minimum absolute atomic E-state index is 0.0369. The summed E-state index contributed by atoms with van der Waals surface area (Å²) < 4.78 is 138. The molecular formula is C63H96F6N5O16P. The van der Waals surface area contributed by atoms with Crippen LogP contribution in [0.25, 0.3) is 0 Å². The number of carbonyl (C=O) groups excluding carboxylic acids is 2. The summed E-state index contributed by atoms with van der Waals surface area (Å²) in [5.41, 5.74) is 17.8. The van der Waals surface area contributed by atoms with Gasteiger partial charge in [-0.05, 0) is 83.3 Å². The number of nitrogen functional groups attached to an aromatic ring is 2. The Morgan fingerprint density at radius 2 is 0.758 bits per heavy atom. The summed E-state index contributed by atoms with van der Waals surface area (Å²) in [7, 11) is -10.7. The van der Waals surface area contributed by atoms with E-state index in [0.717, 1.165) is 25.9 Å². The molecule has 0 unspecified atom stereocenters. The Morgan fingerprint density at radius 3 is 1.12 bits per heavy atom. The van der Waals surface area contributed by atoms with Crippen LogP contribution in [0.15, 0.2) is 72.8 Å². The molecule has 2 aliphatic heterocycles. The molecule has 91 heavy (non-hydrogen) atoms. The van der Waals surface area contributed by atoms with Gasteiger partial charge in [0, 0.05) is 60.2 Å². The SMILES string of the molecule is CC(C)(C)c1cc(C[NH2+]CCCCC(=O)NCCC(=O)Nc2ccc3c(c2)OCCOCCOCCOCCOCCO3)cc(C(C)(C)C)c1.F[P-](F)(F)(F)(F)F.Nc1ccc2c(c1)OCCOCCOCCOc1cc(N)ccc1OCCOCCOCCO2. The van der Waals surface area contributed by atoms with Crippen molar-refractivity contribution in [2.24, 2.45) is 0 Å². The standard InChI is InChI=1S/C39H61N3O8.C24H34N2O8.F6P/c1-38(2,3)31-25-30(26-32(27-31)39(4,5)6)29-40-13-8-7-9-36(43)41-14-12-37(44)42-33-10-11-34-35(28-33)50-24-22-48-20-18-46-16-15-45-17-19-47-21-23-49-34;25-19-1-3-21-23(17-19)33-15-11-29-7-8-30-12-16-34-24-18-20(26)2-4-22(24)32-14-10-28-6-5-27-9-13-31-21;1-7(2,3,4,5)6/h10-11,25-28,40H,7-9,12-24,29H2,1-6H3,(H,41,43)(H,42,44);1-4,17-18H,5-16,25-26H2;/q;;-1/p+1. The molecule has 2 heterocycles. The largest absolute Gasteiger partial charge is 0.487 e. The molecule has 0 spiro atoms.